The minimum absolute atomic E-state index is 0.363. The van der Waals surface area contributed by atoms with Gasteiger partial charge < -0.3 is 4.90 Å². The molecule has 2 aromatic carbocycles. The number of nitrogens with zero attached hydrogens (tertiary/aromatic N) is 4. The summed E-state index contributed by atoms with van der Waals surface area (Å²) in [5, 5.41) is 0. The Kier molecular flexibility index (Phi) is 6.58. The van der Waals surface area contributed by atoms with Gasteiger partial charge in [0.15, 0.2) is 0 Å². The first-order valence-electron chi connectivity index (χ1n) is 11.1. The Hall–Kier alpha value is -2.77. The molecule has 1 aliphatic heterocycles. The van der Waals surface area contributed by atoms with Crippen molar-refractivity contribution in [1.29, 1.82) is 0 Å². The van der Waals surface area contributed by atoms with Crippen molar-refractivity contribution in [3.63, 3.8) is 0 Å². The van der Waals surface area contributed by atoms with Crippen molar-refractivity contribution in [2.24, 2.45) is 5.92 Å². The van der Waals surface area contributed by atoms with Gasteiger partial charge in [0, 0.05) is 37.8 Å². The number of hydrogen-bond donors (Lipinski definition) is 0. The zero-order valence-electron chi connectivity index (χ0n) is 18.9. The number of piperazine rings is 1. The minimum Gasteiger partial charge on any atom is -0.354 e. The van der Waals surface area contributed by atoms with Crippen LogP contribution >= 0.6 is 0 Å². The summed E-state index contributed by atoms with van der Waals surface area (Å²) >= 11 is 0. The maximum Gasteiger partial charge on any atom is 0.243 e. The molecule has 0 saturated carbocycles. The second-order valence-electron chi connectivity index (χ2n) is 8.76. The van der Waals surface area contributed by atoms with Crippen LogP contribution < -0.4 is 4.90 Å². The number of rotatable bonds is 6. The summed E-state index contributed by atoms with van der Waals surface area (Å²) in [5.41, 5.74) is 4.27. The number of aromatic nitrogens is 2. The Morgan fingerprint density at radius 1 is 0.938 bits per heavy atom. The van der Waals surface area contributed by atoms with Gasteiger partial charge in [0.1, 0.15) is 12.1 Å². The summed E-state index contributed by atoms with van der Waals surface area (Å²) in [5.74, 6) is 1.37. The largest absolute Gasteiger partial charge is 0.354 e. The van der Waals surface area contributed by atoms with Gasteiger partial charge in [0.05, 0.1) is 10.6 Å². The molecule has 4 rings (SSSR count). The van der Waals surface area contributed by atoms with Crippen LogP contribution in [0.3, 0.4) is 0 Å². The average molecular weight is 451 g/mol. The van der Waals surface area contributed by atoms with E-state index in [4.69, 9.17) is 0 Å². The molecule has 3 aromatic rings. The minimum atomic E-state index is -3.49. The van der Waals surface area contributed by atoms with E-state index in [0.29, 0.717) is 37.0 Å². The highest BCUT2D eigenvalue weighted by molar-refractivity contribution is 7.89. The van der Waals surface area contributed by atoms with Gasteiger partial charge in [-0.25, -0.2) is 18.4 Å². The molecule has 1 saturated heterocycles. The van der Waals surface area contributed by atoms with Gasteiger partial charge >= 0.3 is 0 Å². The van der Waals surface area contributed by atoms with E-state index >= 15 is 0 Å². The lowest BCUT2D eigenvalue weighted by Crippen LogP contribution is -2.48. The van der Waals surface area contributed by atoms with Crippen molar-refractivity contribution in [2.45, 2.75) is 32.1 Å². The van der Waals surface area contributed by atoms with Crippen molar-refractivity contribution < 1.29 is 8.42 Å². The molecule has 0 spiro atoms. The number of sulfonamides is 1. The lowest BCUT2D eigenvalue weighted by molar-refractivity contribution is 0.384. The number of benzene rings is 2. The third-order valence-electron chi connectivity index (χ3n) is 5.73. The van der Waals surface area contributed by atoms with Gasteiger partial charge in [0.25, 0.3) is 0 Å². The lowest BCUT2D eigenvalue weighted by atomic mass is 10.0. The van der Waals surface area contributed by atoms with Crippen LogP contribution in [0.1, 0.15) is 25.0 Å². The van der Waals surface area contributed by atoms with Gasteiger partial charge in [-0.2, -0.15) is 4.31 Å². The Balaban J connectivity index is 1.44. The summed E-state index contributed by atoms with van der Waals surface area (Å²) < 4.78 is 27.8. The van der Waals surface area contributed by atoms with Crippen LogP contribution in [-0.4, -0.2) is 48.9 Å². The standard InChI is InChI=1S/C25H30N4O2S/c1-19(2)15-21-7-9-23(10-8-21)32(30,31)29-13-11-28(12-14-29)25-17-24(26-18-27-25)22-6-4-5-20(3)16-22/h4-10,16-19H,11-15H2,1-3H3. The fourth-order valence-electron chi connectivity index (χ4n) is 4.06. The lowest BCUT2D eigenvalue weighted by Gasteiger charge is -2.34. The summed E-state index contributed by atoms with van der Waals surface area (Å²) in [7, 11) is -3.49. The molecule has 6 nitrogen and oxygen atoms in total. The molecule has 1 fully saturated rings. The molecular formula is C25H30N4O2S. The second-order valence-corrected chi connectivity index (χ2v) is 10.7. The van der Waals surface area contributed by atoms with Crippen molar-refractivity contribution in [1.82, 2.24) is 14.3 Å². The summed E-state index contributed by atoms with van der Waals surface area (Å²) in [6.07, 6.45) is 2.53. The van der Waals surface area contributed by atoms with Crippen LogP contribution in [-0.2, 0) is 16.4 Å². The first-order valence-corrected chi connectivity index (χ1v) is 12.5. The van der Waals surface area contributed by atoms with E-state index in [2.05, 4.69) is 47.8 Å². The molecule has 0 N–H and O–H groups in total. The Labute approximate surface area is 191 Å². The highest BCUT2D eigenvalue weighted by Gasteiger charge is 2.29. The van der Waals surface area contributed by atoms with Crippen LogP contribution in [0.15, 0.2) is 65.8 Å². The van der Waals surface area contributed by atoms with Crippen LogP contribution in [0.5, 0.6) is 0 Å². The number of anilines is 1. The van der Waals surface area contributed by atoms with Crippen molar-refractivity contribution in [3.05, 3.63) is 72.1 Å². The Bertz CT molecular complexity index is 1170. The molecule has 0 atom stereocenters. The molecule has 0 aliphatic carbocycles. The van der Waals surface area contributed by atoms with Crippen molar-refractivity contribution in [2.75, 3.05) is 31.1 Å². The fraction of sp³-hybridized carbons (Fsp3) is 0.360. The van der Waals surface area contributed by atoms with E-state index in [1.807, 2.05) is 30.3 Å². The molecular weight excluding hydrogens is 420 g/mol. The van der Waals surface area contributed by atoms with Crippen LogP contribution in [0.4, 0.5) is 5.82 Å². The third kappa shape index (κ3) is 5.00. The quantitative estimate of drug-likeness (QED) is 0.564. The van der Waals surface area contributed by atoms with Gasteiger partial charge in [-0.15, -0.1) is 0 Å². The van der Waals surface area contributed by atoms with E-state index in [-0.39, 0.29) is 0 Å². The summed E-state index contributed by atoms with van der Waals surface area (Å²) in [6.45, 7) is 8.42. The molecule has 168 valence electrons. The highest BCUT2D eigenvalue weighted by atomic mass is 32.2. The molecule has 7 heteroatoms. The predicted octanol–water partition coefficient (Wildman–Crippen LogP) is 4.16. The number of hydrogen-bond acceptors (Lipinski definition) is 5. The monoisotopic (exact) mass is 450 g/mol. The molecule has 0 unspecified atom stereocenters. The first kappa shape index (κ1) is 22.4. The number of aryl methyl sites for hydroxylation is 1. The van der Waals surface area contributed by atoms with Crippen LogP contribution in [0.2, 0.25) is 0 Å². The SMILES string of the molecule is Cc1cccc(-c2cc(N3CCN(S(=O)(=O)c4ccc(CC(C)C)cc4)CC3)ncn2)c1. The van der Waals surface area contributed by atoms with E-state index in [1.54, 1.807) is 22.8 Å². The van der Waals surface area contributed by atoms with Gasteiger partial charge in [-0.1, -0.05) is 49.7 Å². The average Bonchev–Trinajstić information content (AvgIpc) is 2.79. The molecule has 32 heavy (non-hydrogen) atoms. The third-order valence-corrected chi connectivity index (χ3v) is 7.65. The summed E-state index contributed by atoms with van der Waals surface area (Å²) in [4.78, 5) is 11.3. The molecule has 2 heterocycles. The fourth-order valence-corrected chi connectivity index (χ4v) is 5.48. The molecule has 1 aliphatic rings. The molecule has 0 bridgehead atoms. The Morgan fingerprint density at radius 3 is 2.31 bits per heavy atom. The van der Waals surface area contributed by atoms with E-state index in [9.17, 15) is 8.42 Å². The zero-order valence-corrected chi connectivity index (χ0v) is 19.7. The van der Waals surface area contributed by atoms with Gasteiger partial charge in [0.2, 0.25) is 10.0 Å². The maximum absolute atomic E-state index is 13.1. The zero-order chi connectivity index (χ0) is 22.7. The Morgan fingerprint density at radius 2 is 1.66 bits per heavy atom. The predicted molar refractivity (Wildman–Crippen MR) is 128 cm³/mol. The van der Waals surface area contributed by atoms with Crippen LogP contribution in [0, 0.1) is 12.8 Å². The topological polar surface area (TPSA) is 66.4 Å². The maximum atomic E-state index is 13.1. The van der Waals surface area contributed by atoms with E-state index < -0.39 is 10.0 Å². The molecule has 0 amide bonds. The van der Waals surface area contributed by atoms with E-state index in [1.165, 1.54) is 5.56 Å². The van der Waals surface area contributed by atoms with Gasteiger partial charge in [-0.05, 0) is 43.0 Å². The van der Waals surface area contributed by atoms with Crippen LogP contribution in [0.25, 0.3) is 11.3 Å². The smallest absolute Gasteiger partial charge is 0.243 e. The summed E-state index contributed by atoms with van der Waals surface area (Å²) in [6, 6.07) is 17.5. The molecule has 0 radical (unpaired) electrons. The molecule has 1 aromatic heterocycles. The van der Waals surface area contributed by atoms with Crippen molar-refractivity contribution >= 4 is 15.8 Å². The highest BCUT2D eigenvalue weighted by Crippen LogP contribution is 2.24. The van der Waals surface area contributed by atoms with Crippen molar-refractivity contribution in [3.8, 4) is 11.3 Å². The van der Waals surface area contributed by atoms with Gasteiger partial charge in [-0.3, -0.25) is 0 Å². The first-order chi connectivity index (χ1) is 15.3. The normalized spacial score (nSPS) is 15.3. The van der Waals surface area contributed by atoms with E-state index in [0.717, 1.165) is 29.1 Å². The second kappa shape index (κ2) is 9.38.